The molecule has 6 heteroatoms. The Kier molecular flexibility index (Phi) is 3.15. The molecule has 20 heavy (non-hydrogen) atoms. The zero-order valence-electron chi connectivity index (χ0n) is 11.3. The van der Waals surface area contributed by atoms with Crippen molar-refractivity contribution in [3.8, 4) is 11.4 Å². The first kappa shape index (κ1) is 12.7. The van der Waals surface area contributed by atoms with E-state index < -0.39 is 0 Å². The molecule has 0 radical (unpaired) electrons. The molecule has 2 heterocycles. The molecule has 0 fully saturated rings. The lowest BCUT2D eigenvalue weighted by Gasteiger charge is -2.09. The fourth-order valence-electron chi connectivity index (χ4n) is 1.86. The summed E-state index contributed by atoms with van der Waals surface area (Å²) in [4.78, 5) is 12.9. The van der Waals surface area contributed by atoms with Crippen LogP contribution in [0.2, 0.25) is 0 Å². The van der Waals surface area contributed by atoms with Gasteiger partial charge in [-0.05, 0) is 25.1 Å². The van der Waals surface area contributed by atoms with E-state index in [9.17, 15) is 0 Å². The van der Waals surface area contributed by atoms with Gasteiger partial charge in [-0.3, -0.25) is 9.97 Å². The molecular weight excluding hydrogens is 254 g/mol. The van der Waals surface area contributed by atoms with Gasteiger partial charge in [0, 0.05) is 24.0 Å². The van der Waals surface area contributed by atoms with Crippen LogP contribution in [0.1, 0.15) is 25.7 Å². The first-order valence-corrected chi connectivity index (χ1v) is 6.45. The van der Waals surface area contributed by atoms with Gasteiger partial charge in [-0.15, -0.1) is 0 Å². The number of hydrogen-bond donors (Lipinski definition) is 1. The summed E-state index contributed by atoms with van der Waals surface area (Å²) < 4.78 is 5.28. The van der Waals surface area contributed by atoms with Crippen LogP contribution in [0.25, 0.3) is 22.4 Å². The van der Waals surface area contributed by atoms with Gasteiger partial charge in [0.15, 0.2) is 0 Å². The quantitative estimate of drug-likeness (QED) is 0.783. The monoisotopic (exact) mass is 269 g/mol. The predicted octanol–water partition coefficient (Wildman–Crippen LogP) is 2.13. The minimum atomic E-state index is -0.0363. The van der Waals surface area contributed by atoms with Crippen molar-refractivity contribution in [3.05, 3.63) is 36.5 Å². The predicted molar refractivity (Wildman–Crippen MR) is 74.9 cm³/mol. The Morgan fingerprint density at radius 3 is 2.60 bits per heavy atom. The summed E-state index contributed by atoms with van der Waals surface area (Å²) in [5.74, 6) is 1.12. The first-order chi connectivity index (χ1) is 9.65. The Labute approximate surface area is 116 Å². The maximum absolute atomic E-state index is 5.84. The van der Waals surface area contributed by atoms with Crippen LogP contribution in [0.4, 0.5) is 0 Å². The summed E-state index contributed by atoms with van der Waals surface area (Å²) in [6.45, 7) is 3.88. The van der Waals surface area contributed by atoms with Crippen molar-refractivity contribution in [1.29, 1.82) is 0 Å². The molecule has 6 nitrogen and oxygen atoms in total. The number of fused-ring (bicyclic) bond motifs is 1. The average molecular weight is 269 g/mol. The third kappa shape index (κ3) is 2.25. The number of nitrogens with two attached hydrogens (primary N) is 1. The molecule has 0 spiro atoms. The number of aromatic nitrogens is 4. The van der Waals surface area contributed by atoms with E-state index in [1.165, 1.54) is 0 Å². The molecule has 102 valence electrons. The highest BCUT2D eigenvalue weighted by Gasteiger charge is 2.18. The highest BCUT2D eigenvalue weighted by atomic mass is 16.5. The number of nitrogens with zero attached hydrogens (tertiary/aromatic N) is 4. The van der Waals surface area contributed by atoms with E-state index in [1.54, 1.807) is 12.4 Å². The SMILES string of the molecule is CC(N)C(C)c1nc(-c2ccc3nccnc3c2)no1. The highest BCUT2D eigenvalue weighted by Crippen LogP contribution is 2.23. The van der Waals surface area contributed by atoms with E-state index in [2.05, 4.69) is 20.1 Å². The molecule has 1 aromatic carbocycles. The lowest BCUT2D eigenvalue weighted by molar-refractivity contribution is 0.347. The second-order valence-electron chi connectivity index (χ2n) is 4.86. The van der Waals surface area contributed by atoms with Crippen LogP contribution in [0.3, 0.4) is 0 Å². The smallest absolute Gasteiger partial charge is 0.231 e. The van der Waals surface area contributed by atoms with Crippen LogP contribution in [-0.4, -0.2) is 26.2 Å². The molecule has 0 amide bonds. The molecule has 2 atom stereocenters. The molecule has 2 N–H and O–H groups in total. The third-order valence-electron chi connectivity index (χ3n) is 3.35. The average Bonchev–Trinajstić information content (AvgIpc) is 2.95. The third-order valence-corrected chi connectivity index (χ3v) is 3.35. The zero-order valence-corrected chi connectivity index (χ0v) is 11.3. The summed E-state index contributed by atoms with van der Waals surface area (Å²) in [5, 5.41) is 4.01. The Balaban J connectivity index is 1.99. The summed E-state index contributed by atoms with van der Waals surface area (Å²) in [5.41, 5.74) is 8.34. The minimum absolute atomic E-state index is 0.0245. The summed E-state index contributed by atoms with van der Waals surface area (Å²) in [6, 6.07) is 5.66. The normalized spacial score (nSPS) is 14.3. The van der Waals surface area contributed by atoms with Gasteiger partial charge in [-0.25, -0.2) is 0 Å². The van der Waals surface area contributed by atoms with Crippen molar-refractivity contribution < 1.29 is 4.52 Å². The van der Waals surface area contributed by atoms with Crippen molar-refractivity contribution in [2.75, 3.05) is 0 Å². The zero-order chi connectivity index (χ0) is 14.1. The number of benzene rings is 1. The van der Waals surface area contributed by atoms with Crippen molar-refractivity contribution >= 4 is 11.0 Å². The fraction of sp³-hybridized carbons (Fsp3) is 0.286. The van der Waals surface area contributed by atoms with Crippen LogP contribution in [-0.2, 0) is 0 Å². The van der Waals surface area contributed by atoms with Gasteiger partial charge in [-0.1, -0.05) is 12.1 Å². The van der Waals surface area contributed by atoms with Crippen molar-refractivity contribution in [1.82, 2.24) is 20.1 Å². The molecule has 2 unspecified atom stereocenters. The molecule has 3 rings (SSSR count). The van der Waals surface area contributed by atoms with Crippen LogP contribution >= 0.6 is 0 Å². The maximum Gasteiger partial charge on any atom is 0.231 e. The van der Waals surface area contributed by atoms with E-state index in [1.807, 2.05) is 32.0 Å². The molecule has 2 aromatic heterocycles. The van der Waals surface area contributed by atoms with E-state index in [0.29, 0.717) is 11.7 Å². The topological polar surface area (TPSA) is 90.7 Å². The van der Waals surface area contributed by atoms with Crippen LogP contribution in [0, 0.1) is 0 Å². The first-order valence-electron chi connectivity index (χ1n) is 6.45. The summed E-state index contributed by atoms with van der Waals surface area (Å²) in [7, 11) is 0. The molecule has 0 aliphatic carbocycles. The lowest BCUT2D eigenvalue weighted by atomic mass is 10.1. The fourth-order valence-corrected chi connectivity index (χ4v) is 1.86. The van der Waals surface area contributed by atoms with E-state index >= 15 is 0 Å². The lowest BCUT2D eigenvalue weighted by Crippen LogP contribution is -2.22. The Bertz CT molecular complexity index is 737. The summed E-state index contributed by atoms with van der Waals surface area (Å²) in [6.07, 6.45) is 3.32. The Hall–Kier alpha value is -2.34. The number of rotatable bonds is 3. The Morgan fingerprint density at radius 2 is 1.85 bits per heavy atom. The minimum Gasteiger partial charge on any atom is -0.339 e. The van der Waals surface area contributed by atoms with Gasteiger partial charge >= 0.3 is 0 Å². The Morgan fingerprint density at radius 1 is 1.10 bits per heavy atom. The van der Waals surface area contributed by atoms with Gasteiger partial charge in [0.05, 0.1) is 17.0 Å². The van der Waals surface area contributed by atoms with Crippen LogP contribution in [0.5, 0.6) is 0 Å². The molecule has 0 saturated carbocycles. The second-order valence-corrected chi connectivity index (χ2v) is 4.86. The van der Waals surface area contributed by atoms with Gasteiger partial charge in [0.1, 0.15) is 0 Å². The van der Waals surface area contributed by atoms with E-state index in [4.69, 9.17) is 10.3 Å². The molecule has 0 bridgehead atoms. The van der Waals surface area contributed by atoms with E-state index in [0.717, 1.165) is 16.6 Å². The van der Waals surface area contributed by atoms with Gasteiger partial charge < -0.3 is 10.3 Å². The standard InChI is InChI=1S/C14H15N5O/c1-8(9(2)15)14-18-13(19-20-14)10-3-4-11-12(7-10)17-6-5-16-11/h3-9H,15H2,1-2H3. The second kappa shape index (κ2) is 4.97. The van der Waals surface area contributed by atoms with Crippen LogP contribution < -0.4 is 5.73 Å². The van der Waals surface area contributed by atoms with Gasteiger partial charge in [0.25, 0.3) is 0 Å². The largest absolute Gasteiger partial charge is 0.339 e. The van der Waals surface area contributed by atoms with Crippen LogP contribution in [0.15, 0.2) is 35.1 Å². The highest BCUT2D eigenvalue weighted by molar-refractivity contribution is 5.79. The molecule has 0 saturated heterocycles. The van der Waals surface area contributed by atoms with Gasteiger partial charge in [-0.2, -0.15) is 4.98 Å². The maximum atomic E-state index is 5.84. The van der Waals surface area contributed by atoms with Crippen molar-refractivity contribution in [2.24, 2.45) is 5.73 Å². The summed E-state index contributed by atoms with van der Waals surface area (Å²) >= 11 is 0. The van der Waals surface area contributed by atoms with Crippen molar-refractivity contribution in [2.45, 2.75) is 25.8 Å². The van der Waals surface area contributed by atoms with Gasteiger partial charge in [0.2, 0.25) is 11.7 Å². The van der Waals surface area contributed by atoms with E-state index in [-0.39, 0.29) is 12.0 Å². The molecular formula is C14H15N5O. The molecule has 0 aliphatic rings. The molecule has 0 aliphatic heterocycles. The van der Waals surface area contributed by atoms with Crippen molar-refractivity contribution in [3.63, 3.8) is 0 Å². The number of hydrogen-bond acceptors (Lipinski definition) is 6. The molecule has 3 aromatic rings.